The van der Waals surface area contributed by atoms with E-state index in [-0.39, 0.29) is 6.04 Å². The molecule has 166 valence electrons. The van der Waals surface area contributed by atoms with Crippen molar-refractivity contribution in [3.63, 3.8) is 0 Å². The fourth-order valence-electron chi connectivity index (χ4n) is 4.10. The molecule has 2 heterocycles. The first-order valence-corrected chi connectivity index (χ1v) is 11.4. The molecule has 0 aliphatic carbocycles. The lowest BCUT2D eigenvalue weighted by Gasteiger charge is -2.17. The maximum absolute atomic E-state index is 13.1. The minimum absolute atomic E-state index is 0.121. The molecule has 4 rings (SSSR count). The Morgan fingerprint density at radius 1 is 0.969 bits per heavy atom. The number of carbonyl (C=O) groups excluding carboxylic acids is 1. The number of benzene rings is 2. The zero-order valence-electron chi connectivity index (χ0n) is 18.8. The van der Waals surface area contributed by atoms with E-state index < -0.39 is 5.97 Å². The van der Waals surface area contributed by atoms with Gasteiger partial charge in [-0.2, -0.15) is 0 Å². The van der Waals surface area contributed by atoms with Gasteiger partial charge < -0.3 is 15.0 Å². The van der Waals surface area contributed by atoms with Gasteiger partial charge in [0.25, 0.3) is 0 Å². The van der Waals surface area contributed by atoms with Crippen LogP contribution in [0, 0.1) is 0 Å². The molecular weight excluding hydrogens is 400 g/mol. The zero-order chi connectivity index (χ0) is 22.5. The first kappa shape index (κ1) is 21.8. The highest BCUT2D eigenvalue weighted by Crippen LogP contribution is 2.33. The number of rotatable bonds is 9. The standard InChI is InChI=1S/C26H30N4O2/c1-3-4-5-6-12-17-32-26(31)22-23-25(29-21-16-11-10-15-20(21)28-23)30(24(22)27)18(2)19-13-8-7-9-14-19/h7-11,13-16,18H,3-6,12,17,27H2,1-2H3/t18-/m1/s1. The Balaban J connectivity index is 1.74. The summed E-state index contributed by atoms with van der Waals surface area (Å²) in [5, 5.41) is 0. The Bertz CT molecular complexity index is 1220. The smallest absolute Gasteiger partial charge is 0.344 e. The van der Waals surface area contributed by atoms with Gasteiger partial charge in [0.15, 0.2) is 5.65 Å². The number of nitrogens with zero attached hydrogens (tertiary/aromatic N) is 3. The van der Waals surface area contributed by atoms with Gasteiger partial charge in [-0.15, -0.1) is 0 Å². The van der Waals surface area contributed by atoms with Crippen molar-refractivity contribution in [2.24, 2.45) is 0 Å². The molecule has 2 N–H and O–H groups in total. The van der Waals surface area contributed by atoms with E-state index >= 15 is 0 Å². The molecule has 0 spiro atoms. The molecule has 0 amide bonds. The van der Waals surface area contributed by atoms with Gasteiger partial charge in [-0.3, -0.25) is 0 Å². The highest BCUT2D eigenvalue weighted by molar-refractivity contribution is 6.08. The number of carbonyl (C=O) groups is 1. The Hall–Kier alpha value is -3.41. The summed E-state index contributed by atoms with van der Waals surface area (Å²) in [5.41, 5.74) is 10.5. The number of fused-ring (bicyclic) bond motifs is 2. The molecule has 1 atom stereocenters. The molecule has 0 bridgehead atoms. The van der Waals surface area contributed by atoms with Crippen LogP contribution in [0.1, 0.15) is 67.9 Å². The molecule has 0 saturated heterocycles. The highest BCUT2D eigenvalue weighted by Gasteiger charge is 2.27. The fraction of sp³-hybridized carbons (Fsp3) is 0.346. The van der Waals surface area contributed by atoms with Crippen molar-refractivity contribution in [2.45, 2.75) is 52.0 Å². The van der Waals surface area contributed by atoms with Crippen LogP contribution in [0.15, 0.2) is 54.6 Å². The zero-order valence-corrected chi connectivity index (χ0v) is 18.8. The first-order chi connectivity index (χ1) is 15.6. The third kappa shape index (κ3) is 4.31. The molecule has 6 nitrogen and oxygen atoms in total. The lowest BCUT2D eigenvalue weighted by molar-refractivity contribution is 0.0501. The van der Waals surface area contributed by atoms with Crippen LogP contribution in [0.5, 0.6) is 0 Å². The Morgan fingerprint density at radius 3 is 2.34 bits per heavy atom. The van der Waals surface area contributed by atoms with Gasteiger partial charge in [0.1, 0.15) is 16.9 Å². The van der Waals surface area contributed by atoms with Crippen LogP contribution in [0.3, 0.4) is 0 Å². The maximum atomic E-state index is 13.1. The SMILES string of the molecule is CCCCCCCOC(=O)c1c(N)n([C@H](C)c2ccccc2)c2nc3ccccc3nc12. The minimum Gasteiger partial charge on any atom is -0.462 e. The normalized spacial score (nSPS) is 12.3. The predicted octanol–water partition coefficient (Wildman–Crippen LogP) is 5.90. The van der Waals surface area contributed by atoms with Gasteiger partial charge in [0, 0.05) is 0 Å². The maximum Gasteiger partial charge on any atom is 0.344 e. The number of nitrogens with two attached hydrogens (primary N) is 1. The Labute approximate surface area is 188 Å². The molecule has 0 radical (unpaired) electrons. The quantitative estimate of drug-likeness (QED) is 0.264. The number of aromatic nitrogens is 3. The summed E-state index contributed by atoms with van der Waals surface area (Å²) in [5.74, 6) is -0.103. The predicted molar refractivity (Wildman–Crippen MR) is 129 cm³/mol. The number of ether oxygens (including phenoxy) is 1. The molecular formula is C26H30N4O2. The molecule has 0 saturated carbocycles. The Kier molecular flexibility index (Phi) is 6.69. The number of esters is 1. The van der Waals surface area contributed by atoms with Crippen LogP contribution < -0.4 is 5.73 Å². The van der Waals surface area contributed by atoms with Gasteiger partial charge in [-0.25, -0.2) is 14.8 Å². The molecule has 2 aromatic carbocycles. The van der Waals surface area contributed by atoms with Crippen LogP contribution in [0.25, 0.3) is 22.2 Å². The summed E-state index contributed by atoms with van der Waals surface area (Å²) < 4.78 is 7.50. The van der Waals surface area contributed by atoms with Gasteiger partial charge >= 0.3 is 5.97 Å². The number of hydrogen-bond acceptors (Lipinski definition) is 5. The van der Waals surface area contributed by atoms with E-state index in [4.69, 9.17) is 20.4 Å². The second-order valence-electron chi connectivity index (χ2n) is 8.15. The average Bonchev–Trinajstić information content (AvgIpc) is 3.10. The van der Waals surface area contributed by atoms with Crippen LogP contribution in [0.2, 0.25) is 0 Å². The van der Waals surface area contributed by atoms with Gasteiger partial charge in [0.05, 0.1) is 23.7 Å². The topological polar surface area (TPSA) is 83.0 Å². The van der Waals surface area contributed by atoms with Crippen molar-refractivity contribution in [1.29, 1.82) is 0 Å². The average molecular weight is 431 g/mol. The van der Waals surface area contributed by atoms with Gasteiger partial charge in [0.2, 0.25) is 0 Å². The van der Waals surface area contributed by atoms with Crippen molar-refractivity contribution in [3.8, 4) is 0 Å². The van der Waals surface area contributed by atoms with Gasteiger partial charge in [-0.05, 0) is 31.0 Å². The van der Waals surface area contributed by atoms with E-state index in [1.807, 2.05) is 66.1 Å². The molecule has 2 aromatic heterocycles. The second kappa shape index (κ2) is 9.81. The van der Waals surface area contributed by atoms with Crippen molar-refractivity contribution in [3.05, 3.63) is 65.7 Å². The lowest BCUT2D eigenvalue weighted by atomic mass is 10.1. The first-order valence-electron chi connectivity index (χ1n) is 11.4. The molecule has 0 aliphatic rings. The summed E-state index contributed by atoms with van der Waals surface area (Å²) in [7, 11) is 0. The van der Waals surface area contributed by atoms with Crippen LogP contribution >= 0.6 is 0 Å². The third-order valence-electron chi connectivity index (χ3n) is 5.89. The number of anilines is 1. The van der Waals surface area contributed by atoms with E-state index in [9.17, 15) is 4.79 Å². The molecule has 0 fully saturated rings. The molecule has 4 aromatic rings. The van der Waals surface area contributed by atoms with Crippen LogP contribution in [0.4, 0.5) is 5.82 Å². The monoisotopic (exact) mass is 430 g/mol. The van der Waals surface area contributed by atoms with Crippen molar-refractivity contribution < 1.29 is 9.53 Å². The minimum atomic E-state index is -0.438. The summed E-state index contributed by atoms with van der Waals surface area (Å²) in [6, 6.07) is 17.5. The van der Waals surface area contributed by atoms with E-state index in [0.717, 1.165) is 35.9 Å². The third-order valence-corrected chi connectivity index (χ3v) is 5.89. The van der Waals surface area contributed by atoms with E-state index in [0.29, 0.717) is 29.2 Å². The van der Waals surface area contributed by atoms with E-state index in [1.165, 1.54) is 12.8 Å². The highest BCUT2D eigenvalue weighted by atomic mass is 16.5. The van der Waals surface area contributed by atoms with Crippen molar-refractivity contribution in [2.75, 3.05) is 12.3 Å². The molecule has 32 heavy (non-hydrogen) atoms. The number of nitrogen functional groups attached to an aromatic ring is 1. The summed E-state index contributed by atoms with van der Waals surface area (Å²) in [6.45, 7) is 4.61. The van der Waals surface area contributed by atoms with Crippen LogP contribution in [-0.2, 0) is 4.74 Å². The summed E-state index contributed by atoms with van der Waals surface area (Å²) >= 11 is 0. The van der Waals surface area contributed by atoms with Crippen molar-refractivity contribution >= 4 is 34.0 Å². The van der Waals surface area contributed by atoms with Gasteiger partial charge in [-0.1, -0.05) is 75.1 Å². The van der Waals surface area contributed by atoms with Crippen LogP contribution in [-0.4, -0.2) is 27.1 Å². The molecule has 0 aliphatic heterocycles. The molecule has 0 unspecified atom stereocenters. The fourth-order valence-corrected chi connectivity index (χ4v) is 4.10. The Morgan fingerprint density at radius 2 is 1.62 bits per heavy atom. The lowest BCUT2D eigenvalue weighted by Crippen LogP contribution is -2.13. The van der Waals surface area contributed by atoms with E-state index in [1.54, 1.807) is 0 Å². The number of para-hydroxylation sites is 2. The largest absolute Gasteiger partial charge is 0.462 e. The van der Waals surface area contributed by atoms with Crippen molar-refractivity contribution in [1.82, 2.24) is 14.5 Å². The summed E-state index contributed by atoms with van der Waals surface area (Å²) in [6.07, 6.45) is 5.44. The second-order valence-corrected chi connectivity index (χ2v) is 8.15. The molecule has 6 heteroatoms. The summed E-state index contributed by atoms with van der Waals surface area (Å²) in [4.78, 5) is 22.7. The number of unbranched alkanes of at least 4 members (excludes halogenated alkanes) is 4. The van der Waals surface area contributed by atoms with E-state index in [2.05, 4.69) is 6.92 Å². The number of hydrogen-bond donors (Lipinski definition) is 1.